The molecule has 4 heterocycles. The number of pyridine rings is 1. The van der Waals surface area contributed by atoms with E-state index in [-0.39, 0.29) is 12.1 Å². The summed E-state index contributed by atoms with van der Waals surface area (Å²) in [5, 5.41) is 7.61. The van der Waals surface area contributed by atoms with Crippen LogP contribution in [0.1, 0.15) is 46.2 Å². The molecule has 0 bridgehead atoms. The monoisotopic (exact) mass is 437 g/mol. The zero-order valence-corrected chi connectivity index (χ0v) is 16.6. The van der Waals surface area contributed by atoms with Gasteiger partial charge in [0.15, 0.2) is 11.5 Å². The number of hydrogen-bond donors (Lipinski definition) is 0. The number of aryl methyl sites for hydroxylation is 1. The van der Waals surface area contributed by atoms with E-state index < -0.39 is 28.8 Å². The fourth-order valence-corrected chi connectivity index (χ4v) is 3.72. The first-order valence-electron chi connectivity index (χ1n) is 8.95. The summed E-state index contributed by atoms with van der Waals surface area (Å²) < 4.78 is 40.9. The summed E-state index contributed by atoms with van der Waals surface area (Å²) in [7, 11) is 0. The van der Waals surface area contributed by atoms with Gasteiger partial charge in [0.25, 0.3) is 5.91 Å². The molecule has 1 amide bonds. The maximum atomic E-state index is 13.1. The number of amides is 1. The Morgan fingerprint density at radius 3 is 2.67 bits per heavy atom. The molecule has 1 aliphatic heterocycles. The quantitative estimate of drug-likeness (QED) is 0.611. The summed E-state index contributed by atoms with van der Waals surface area (Å²) in [6.45, 7) is 3.74. The maximum absolute atomic E-state index is 13.1. The van der Waals surface area contributed by atoms with Crippen molar-refractivity contribution in [2.24, 2.45) is 0 Å². The lowest BCUT2D eigenvalue weighted by Crippen LogP contribution is -2.39. The van der Waals surface area contributed by atoms with E-state index in [4.69, 9.17) is 11.6 Å². The van der Waals surface area contributed by atoms with Crippen molar-refractivity contribution in [3.63, 3.8) is 0 Å². The van der Waals surface area contributed by atoms with Gasteiger partial charge in [-0.25, -0.2) is 9.97 Å². The van der Waals surface area contributed by atoms with Crippen LogP contribution < -0.4 is 0 Å². The molecule has 8 nitrogen and oxygen atoms in total. The normalized spacial score (nSPS) is 16.5. The number of fused-ring (bicyclic) bond motifs is 1. The fourth-order valence-electron chi connectivity index (χ4n) is 3.42. The highest BCUT2D eigenvalue weighted by atomic mass is 35.5. The first-order valence-corrected chi connectivity index (χ1v) is 9.33. The van der Waals surface area contributed by atoms with E-state index in [1.54, 1.807) is 30.8 Å². The van der Waals surface area contributed by atoms with E-state index in [1.165, 1.54) is 11.0 Å². The summed E-state index contributed by atoms with van der Waals surface area (Å²) in [6, 6.07) is 2.36. The molecule has 0 fully saturated rings. The standard InChI is InChI=1S/C18H15ClF3N7O/c1-9-15-12(29(27-26-15)13-4-7-23-10(2)25-13)5-8-28(9)17(30)11-3-6-24-16(14(11)19)18(20,21)22/h3-4,6-7,9H,5,8H2,1-2H3. The van der Waals surface area contributed by atoms with Crippen molar-refractivity contribution in [3.8, 4) is 5.82 Å². The molecule has 0 radical (unpaired) electrons. The topological polar surface area (TPSA) is 89.7 Å². The minimum atomic E-state index is -4.76. The minimum absolute atomic E-state index is 0.254. The third kappa shape index (κ3) is 3.38. The number of alkyl halides is 3. The number of rotatable bonds is 2. The van der Waals surface area contributed by atoms with Crippen LogP contribution in [0.15, 0.2) is 24.5 Å². The second kappa shape index (κ2) is 7.31. The first kappa shape index (κ1) is 20.2. The Morgan fingerprint density at radius 1 is 1.23 bits per heavy atom. The predicted octanol–water partition coefficient (Wildman–Crippen LogP) is 3.19. The molecule has 3 aromatic rings. The van der Waals surface area contributed by atoms with Crippen molar-refractivity contribution in [2.45, 2.75) is 32.5 Å². The van der Waals surface area contributed by atoms with E-state index in [0.717, 1.165) is 11.9 Å². The Bertz CT molecular complexity index is 1130. The van der Waals surface area contributed by atoms with Crippen LogP contribution in [0.25, 0.3) is 5.82 Å². The van der Waals surface area contributed by atoms with Gasteiger partial charge >= 0.3 is 6.18 Å². The molecule has 0 saturated heterocycles. The van der Waals surface area contributed by atoms with Gasteiger partial charge in [-0.2, -0.15) is 17.9 Å². The lowest BCUT2D eigenvalue weighted by Gasteiger charge is -2.33. The van der Waals surface area contributed by atoms with E-state index in [0.29, 0.717) is 23.8 Å². The van der Waals surface area contributed by atoms with Crippen LogP contribution in [0.4, 0.5) is 13.2 Å². The molecule has 1 atom stereocenters. The van der Waals surface area contributed by atoms with Crippen LogP contribution in [-0.4, -0.2) is 47.3 Å². The van der Waals surface area contributed by atoms with Crippen LogP contribution in [0.3, 0.4) is 0 Å². The highest BCUT2D eigenvalue weighted by Gasteiger charge is 2.39. The fraction of sp³-hybridized carbons (Fsp3) is 0.333. The molecule has 0 saturated carbocycles. The Morgan fingerprint density at radius 2 is 1.97 bits per heavy atom. The van der Waals surface area contributed by atoms with Gasteiger partial charge in [0.2, 0.25) is 0 Å². The highest BCUT2D eigenvalue weighted by Crippen LogP contribution is 2.36. The van der Waals surface area contributed by atoms with Crippen LogP contribution in [0.2, 0.25) is 5.02 Å². The Kier molecular flexibility index (Phi) is 4.92. The second-order valence-electron chi connectivity index (χ2n) is 6.74. The van der Waals surface area contributed by atoms with Gasteiger partial charge < -0.3 is 4.90 Å². The van der Waals surface area contributed by atoms with Gasteiger partial charge in [-0.15, -0.1) is 5.10 Å². The molecule has 12 heteroatoms. The Hall–Kier alpha value is -3.08. The van der Waals surface area contributed by atoms with E-state index in [9.17, 15) is 18.0 Å². The number of hydrogen-bond acceptors (Lipinski definition) is 6. The van der Waals surface area contributed by atoms with Crippen LogP contribution in [-0.2, 0) is 12.6 Å². The van der Waals surface area contributed by atoms with Crippen LogP contribution in [0.5, 0.6) is 0 Å². The molecular formula is C18H15ClF3N7O. The third-order valence-electron chi connectivity index (χ3n) is 4.87. The maximum Gasteiger partial charge on any atom is 0.434 e. The van der Waals surface area contributed by atoms with E-state index in [2.05, 4.69) is 25.3 Å². The smallest absolute Gasteiger partial charge is 0.330 e. The molecule has 1 unspecified atom stereocenters. The molecule has 4 rings (SSSR count). The van der Waals surface area contributed by atoms with Gasteiger partial charge in [0.1, 0.15) is 11.5 Å². The summed E-state index contributed by atoms with van der Waals surface area (Å²) in [4.78, 5) is 26.1. The molecule has 156 valence electrons. The molecule has 0 spiro atoms. The molecule has 1 aliphatic rings. The van der Waals surface area contributed by atoms with Crippen molar-refractivity contribution in [2.75, 3.05) is 6.54 Å². The number of nitrogens with zero attached hydrogens (tertiary/aromatic N) is 7. The summed E-state index contributed by atoms with van der Waals surface area (Å²) in [6.07, 6.45) is -1.82. The van der Waals surface area contributed by atoms with Crippen molar-refractivity contribution in [1.82, 2.24) is 34.8 Å². The van der Waals surface area contributed by atoms with Crippen molar-refractivity contribution >= 4 is 17.5 Å². The molecule has 0 aromatic carbocycles. The van der Waals surface area contributed by atoms with E-state index >= 15 is 0 Å². The lowest BCUT2D eigenvalue weighted by atomic mass is 10.0. The largest absolute Gasteiger partial charge is 0.434 e. The third-order valence-corrected chi connectivity index (χ3v) is 5.26. The van der Waals surface area contributed by atoms with Crippen LogP contribution >= 0.6 is 11.6 Å². The summed E-state index contributed by atoms with van der Waals surface area (Å²) in [5.74, 6) is 0.499. The molecule has 30 heavy (non-hydrogen) atoms. The molecule has 0 aliphatic carbocycles. The lowest BCUT2D eigenvalue weighted by molar-refractivity contribution is -0.141. The van der Waals surface area contributed by atoms with Gasteiger partial charge in [-0.05, 0) is 19.9 Å². The van der Waals surface area contributed by atoms with Gasteiger partial charge in [-0.1, -0.05) is 16.8 Å². The van der Waals surface area contributed by atoms with Crippen molar-refractivity contribution in [1.29, 1.82) is 0 Å². The first-order chi connectivity index (χ1) is 14.2. The Balaban J connectivity index is 1.67. The van der Waals surface area contributed by atoms with Crippen LogP contribution in [0, 0.1) is 6.92 Å². The number of carbonyl (C=O) groups is 1. The number of halogens is 4. The van der Waals surface area contributed by atoms with Gasteiger partial charge in [0.05, 0.1) is 22.3 Å². The summed E-state index contributed by atoms with van der Waals surface area (Å²) in [5.41, 5.74) is -0.216. The second-order valence-corrected chi connectivity index (χ2v) is 7.12. The highest BCUT2D eigenvalue weighted by molar-refractivity contribution is 6.34. The SMILES string of the molecule is Cc1nccc(-n2nnc3c2CCN(C(=O)c2ccnc(C(F)(F)F)c2Cl)C3C)n1. The zero-order valence-electron chi connectivity index (χ0n) is 15.9. The Labute approximate surface area is 173 Å². The van der Waals surface area contributed by atoms with Crippen molar-refractivity contribution < 1.29 is 18.0 Å². The van der Waals surface area contributed by atoms with Gasteiger partial charge in [-0.3, -0.25) is 9.78 Å². The number of aromatic nitrogens is 6. The molecule has 3 aromatic heterocycles. The average molecular weight is 438 g/mol. The van der Waals surface area contributed by atoms with Gasteiger partial charge in [0, 0.05) is 31.4 Å². The van der Waals surface area contributed by atoms with E-state index in [1.807, 2.05) is 0 Å². The minimum Gasteiger partial charge on any atom is -0.330 e. The zero-order chi connectivity index (χ0) is 21.6. The summed E-state index contributed by atoms with van der Waals surface area (Å²) >= 11 is 5.88. The molecule has 0 N–H and O–H groups in total. The predicted molar refractivity (Wildman–Crippen MR) is 99.1 cm³/mol. The van der Waals surface area contributed by atoms with Crippen molar-refractivity contribution in [3.05, 3.63) is 58.0 Å². The number of carbonyl (C=O) groups excluding carboxylic acids is 1. The average Bonchev–Trinajstić information content (AvgIpc) is 3.12. The molecular weight excluding hydrogens is 423 g/mol.